The Morgan fingerprint density at radius 2 is 1.58 bits per heavy atom. The van der Waals surface area contributed by atoms with Crippen LogP contribution in [0.4, 0.5) is 5.69 Å². The van der Waals surface area contributed by atoms with E-state index in [0.717, 1.165) is 11.1 Å². The summed E-state index contributed by atoms with van der Waals surface area (Å²) in [6, 6.07) is 14.8. The second kappa shape index (κ2) is 6.41. The molecule has 0 spiro atoms. The van der Waals surface area contributed by atoms with Crippen molar-refractivity contribution in [1.82, 2.24) is 9.97 Å². The lowest BCUT2D eigenvalue weighted by Crippen LogP contribution is -2.15. The molecule has 0 saturated heterocycles. The Morgan fingerprint density at radius 1 is 0.917 bits per heavy atom. The Hall–Kier alpha value is -2.73. The number of aromatic nitrogens is 2. The van der Waals surface area contributed by atoms with Crippen molar-refractivity contribution < 1.29 is 8.42 Å². The Kier molecular flexibility index (Phi) is 4.31. The Bertz CT molecular complexity index is 953. The molecule has 0 aliphatic rings. The maximum absolute atomic E-state index is 12.6. The van der Waals surface area contributed by atoms with E-state index in [1.807, 2.05) is 43.3 Å². The molecule has 0 aliphatic carbocycles. The van der Waals surface area contributed by atoms with Crippen LogP contribution in [0.15, 0.2) is 65.8 Å². The predicted octanol–water partition coefficient (Wildman–Crippen LogP) is 3.56. The molecule has 0 bridgehead atoms. The van der Waals surface area contributed by atoms with Crippen LogP contribution in [0, 0.1) is 13.8 Å². The first kappa shape index (κ1) is 16.1. The normalized spacial score (nSPS) is 11.2. The van der Waals surface area contributed by atoms with Crippen molar-refractivity contribution >= 4 is 15.7 Å². The van der Waals surface area contributed by atoms with Gasteiger partial charge in [-0.05, 0) is 31.0 Å². The molecule has 2 aromatic carbocycles. The standard InChI is InChI=1S/C18H17N3O2S/c1-13-8-9-14(2)17(10-13)24(22,23)21-16-11-19-18(20-12-16)15-6-4-3-5-7-15/h3-12,21H,1-2H3. The summed E-state index contributed by atoms with van der Waals surface area (Å²) < 4.78 is 27.7. The van der Waals surface area contributed by atoms with E-state index in [1.54, 1.807) is 19.1 Å². The molecule has 0 unspecified atom stereocenters. The molecular formula is C18H17N3O2S. The lowest BCUT2D eigenvalue weighted by atomic mass is 10.2. The van der Waals surface area contributed by atoms with Crippen molar-refractivity contribution in [2.45, 2.75) is 18.7 Å². The number of nitrogens with zero attached hydrogens (tertiary/aromatic N) is 2. The average Bonchev–Trinajstić information content (AvgIpc) is 2.58. The van der Waals surface area contributed by atoms with Gasteiger partial charge in [0.15, 0.2) is 5.82 Å². The lowest BCUT2D eigenvalue weighted by molar-refractivity contribution is 0.600. The molecule has 1 aromatic heterocycles. The van der Waals surface area contributed by atoms with Crippen molar-refractivity contribution in [3.8, 4) is 11.4 Å². The minimum atomic E-state index is -3.67. The minimum Gasteiger partial charge on any atom is -0.276 e. The summed E-state index contributed by atoms with van der Waals surface area (Å²) >= 11 is 0. The highest BCUT2D eigenvalue weighted by Gasteiger charge is 2.17. The van der Waals surface area contributed by atoms with Crippen LogP contribution in [0.5, 0.6) is 0 Å². The summed E-state index contributed by atoms with van der Waals surface area (Å²) in [5.41, 5.74) is 2.78. The second-order valence-corrected chi connectivity index (χ2v) is 7.19. The number of hydrogen-bond acceptors (Lipinski definition) is 4. The molecule has 0 aliphatic heterocycles. The molecule has 0 amide bonds. The fraction of sp³-hybridized carbons (Fsp3) is 0.111. The third-order valence-corrected chi connectivity index (χ3v) is 5.09. The summed E-state index contributed by atoms with van der Waals surface area (Å²) in [6.07, 6.45) is 2.94. The number of rotatable bonds is 4. The average molecular weight is 339 g/mol. The van der Waals surface area contributed by atoms with Crippen LogP contribution in [0.2, 0.25) is 0 Å². The summed E-state index contributed by atoms with van der Waals surface area (Å²) in [5, 5.41) is 0. The molecule has 0 radical (unpaired) electrons. The quantitative estimate of drug-likeness (QED) is 0.789. The third-order valence-electron chi connectivity index (χ3n) is 3.57. The van der Waals surface area contributed by atoms with Gasteiger partial charge in [0.1, 0.15) is 0 Å². The summed E-state index contributed by atoms with van der Waals surface area (Å²) in [5.74, 6) is 0.547. The molecule has 122 valence electrons. The SMILES string of the molecule is Cc1ccc(C)c(S(=O)(=O)Nc2cnc(-c3ccccc3)nc2)c1. The fourth-order valence-corrected chi connectivity index (χ4v) is 3.68. The fourth-order valence-electron chi connectivity index (χ4n) is 2.32. The van der Waals surface area contributed by atoms with E-state index in [2.05, 4.69) is 14.7 Å². The number of nitrogens with one attached hydrogen (secondary N) is 1. The predicted molar refractivity (Wildman–Crippen MR) is 94.2 cm³/mol. The van der Waals surface area contributed by atoms with Crippen LogP contribution in [0.1, 0.15) is 11.1 Å². The van der Waals surface area contributed by atoms with E-state index < -0.39 is 10.0 Å². The van der Waals surface area contributed by atoms with Gasteiger partial charge in [0.25, 0.3) is 10.0 Å². The van der Waals surface area contributed by atoms with E-state index in [4.69, 9.17) is 0 Å². The summed E-state index contributed by atoms with van der Waals surface area (Å²) in [6.45, 7) is 3.62. The highest BCUT2D eigenvalue weighted by atomic mass is 32.2. The number of hydrogen-bond donors (Lipinski definition) is 1. The number of aryl methyl sites for hydroxylation is 2. The largest absolute Gasteiger partial charge is 0.276 e. The molecule has 3 rings (SSSR count). The maximum Gasteiger partial charge on any atom is 0.262 e. The molecular weight excluding hydrogens is 322 g/mol. The Balaban J connectivity index is 1.87. The molecule has 3 aromatic rings. The molecule has 1 heterocycles. The van der Waals surface area contributed by atoms with Crippen molar-refractivity contribution in [3.05, 3.63) is 72.1 Å². The maximum atomic E-state index is 12.6. The van der Waals surface area contributed by atoms with Crippen LogP contribution in [-0.2, 0) is 10.0 Å². The van der Waals surface area contributed by atoms with Gasteiger partial charge in [0.05, 0.1) is 23.0 Å². The van der Waals surface area contributed by atoms with Gasteiger partial charge in [0, 0.05) is 5.56 Å². The Labute approximate surface area is 141 Å². The molecule has 5 nitrogen and oxygen atoms in total. The summed E-state index contributed by atoms with van der Waals surface area (Å²) in [4.78, 5) is 8.72. The Morgan fingerprint density at radius 3 is 2.25 bits per heavy atom. The molecule has 0 fully saturated rings. The van der Waals surface area contributed by atoms with Gasteiger partial charge in [-0.15, -0.1) is 0 Å². The van der Waals surface area contributed by atoms with Gasteiger partial charge in [-0.2, -0.15) is 0 Å². The number of benzene rings is 2. The lowest BCUT2D eigenvalue weighted by Gasteiger charge is -2.11. The third kappa shape index (κ3) is 3.44. The molecule has 6 heteroatoms. The topological polar surface area (TPSA) is 72.0 Å². The highest BCUT2D eigenvalue weighted by Crippen LogP contribution is 2.21. The molecule has 0 saturated carbocycles. The van der Waals surface area contributed by atoms with E-state index >= 15 is 0 Å². The van der Waals surface area contributed by atoms with Crippen LogP contribution >= 0.6 is 0 Å². The van der Waals surface area contributed by atoms with Crippen LogP contribution in [-0.4, -0.2) is 18.4 Å². The smallest absolute Gasteiger partial charge is 0.262 e. The first-order valence-corrected chi connectivity index (χ1v) is 8.91. The zero-order chi connectivity index (χ0) is 17.2. The van der Waals surface area contributed by atoms with Gasteiger partial charge < -0.3 is 0 Å². The van der Waals surface area contributed by atoms with Crippen molar-refractivity contribution in [1.29, 1.82) is 0 Å². The summed E-state index contributed by atoms with van der Waals surface area (Å²) in [7, 11) is -3.67. The molecule has 24 heavy (non-hydrogen) atoms. The highest BCUT2D eigenvalue weighted by molar-refractivity contribution is 7.92. The van der Waals surface area contributed by atoms with Crippen molar-refractivity contribution in [2.24, 2.45) is 0 Å². The zero-order valence-electron chi connectivity index (χ0n) is 13.4. The van der Waals surface area contributed by atoms with Crippen LogP contribution in [0.3, 0.4) is 0 Å². The monoisotopic (exact) mass is 339 g/mol. The van der Waals surface area contributed by atoms with E-state index in [0.29, 0.717) is 17.1 Å². The van der Waals surface area contributed by atoms with Gasteiger partial charge in [-0.3, -0.25) is 4.72 Å². The van der Waals surface area contributed by atoms with Gasteiger partial charge in [-0.1, -0.05) is 42.5 Å². The van der Waals surface area contributed by atoms with Gasteiger partial charge in [-0.25, -0.2) is 18.4 Å². The van der Waals surface area contributed by atoms with Crippen molar-refractivity contribution in [2.75, 3.05) is 4.72 Å². The first-order valence-electron chi connectivity index (χ1n) is 7.43. The van der Waals surface area contributed by atoms with E-state index in [1.165, 1.54) is 12.4 Å². The van der Waals surface area contributed by atoms with Crippen LogP contribution < -0.4 is 4.72 Å². The minimum absolute atomic E-state index is 0.259. The zero-order valence-corrected chi connectivity index (χ0v) is 14.2. The van der Waals surface area contributed by atoms with E-state index in [-0.39, 0.29) is 4.90 Å². The first-order chi connectivity index (χ1) is 11.5. The van der Waals surface area contributed by atoms with Crippen molar-refractivity contribution in [3.63, 3.8) is 0 Å². The van der Waals surface area contributed by atoms with Gasteiger partial charge in [0.2, 0.25) is 0 Å². The number of sulfonamides is 1. The van der Waals surface area contributed by atoms with Crippen LogP contribution in [0.25, 0.3) is 11.4 Å². The van der Waals surface area contributed by atoms with Gasteiger partial charge >= 0.3 is 0 Å². The molecule has 0 atom stereocenters. The molecule has 1 N–H and O–H groups in total. The second-order valence-electron chi connectivity index (χ2n) is 5.54. The van der Waals surface area contributed by atoms with E-state index in [9.17, 15) is 8.42 Å². The number of anilines is 1.